The monoisotopic (exact) mass is 289 g/mol. The molecule has 0 radical (unpaired) electrons. The van der Waals surface area contributed by atoms with Crippen LogP contribution in [-0.2, 0) is 6.42 Å². The van der Waals surface area contributed by atoms with Crippen molar-refractivity contribution in [3.63, 3.8) is 0 Å². The van der Waals surface area contributed by atoms with E-state index in [1.165, 1.54) is 31.2 Å². The molecule has 1 heterocycles. The highest BCUT2D eigenvalue weighted by atomic mass is 15.2. The van der Waals surface area contributed by atoms with Crippen LogP contribution in [0.5, 0.6) is 0 Å². The van der Waals surface area contributed by atoms with Gasteiger partial charge in [0.2, 0.25) is 0 Å². The van der Waals surface area contributed by atoms with Crippen molar-refractivity contribution >= 4 is 0 Å². The first kappa shape index (κ1) is 16.4. The summed E-state index contributed by atoms with van der Waals surface area (Å²) in [4.78, 5) is 6.60. The zero-order valence-corrected chi connectivity index (χ0v) is 13.9. The first-order valence-electron chi connectivity index (χ1n) is 8.37. The third kappa shape index (κ3) is 4.04. The van der Waals surface area contributed by atoms with Crippen LogP contribution in [0.2, 0.25) is 0 Å². The number of nitrogens with two attached hydrogens (primary N) is 1. The Bertz CT molecular complexity index is 408. The Morgan fingerprint density at radius 1 is 1.29 bits per heavy atom. The summed E-state index contributed by atoms with van der Waals surface area (Å²) in [5.41, 5.74) is 7.76. The molecule has 0 spiro atoms. The Morgan fingerprint density at radius 2 is 1.90 bits per heavy atom. The van der Waals surface area contributed by atoms with Gasteiger partial charge in [-0.15, -0.1) is 0 Å². The lowest BCUT2D eigenvalue weighted by molar-refractivity contribution is 0.0563. The molecule has 118 valence electrons. The lowest BCUT2D eigenvalue weighted by atomic mass is 9.72. The largest absolute Gasteiger partial charge is 0.329 e. The molecule has 0 aromatic carbocycles. The SMILES string of the molecule is CC(C)C1CCC(CN)(N(C)CCc2ccncc2)CC1. The van der Waals surface area contributed by atoms with Crippen molar-refractivity contribution < 1.29 is 0 Å². The molecule has 1 aromatic heterocycles. The van der Waals surface area contributed by atoms with Crippen LogP contribution in [0, 0.1) is 11.8 Å². The van der Waals surface area contributed by atoms with Gasteiger partial charge in [0.05, 0.1) is 0 Å². The molecule has 1 saturated carbocycles. The molecule has 2 rings (SSSR count). The van der Waals surface area contributed by atoms with E-state index < -0.39 is 0 Å². The van der Waals surface area contributed by atoms with Gasteiger partial charge in [0.15, 0.2) is 0 Å². The summed E-state index contributed by atoms with van der Waals surface area (Å²) in [6.07, 6.45) is 9.99. The van der Waals surface area contributed by atoms with Gasteiger partial charge in [0.25, 0.3) is 0 Å². The van der Waals surface area contributed by atoms with Crippen molar-refractivity contribution in [2.45, 2.75) is 51.5 Å². The first-order valence-corrected chi connectivity index (χ1v) is 8.37. The third-order valence-electron chi connectivity index (χ3n) is 5.58. The highest BCUT2D eigenvalue weighted by molar-refractivity contribution is 5.10. The minimum absolute atomic E-state index is 0.221. The average Bonchev–Trinajstić information content (AvgIpc) is 2.53. The molecular formula is C18H31N3. The van der Waals surface area contributed by atoms with Crippen molar-refractivity contribution in [3.05, 3.63) is 30.1 Å². The fourth-order valence-corrected chi connectivity index (χ4v) is 3.67. The molecule has 2 N–H and O–H groups in total. The summed E-state index contributed by atoms with van der Waals surface area (Å²) < 4.78 is 0. The number of likely N-dealkylation sites (N-methyl/N-ethyl adjacent to an activating group) is 1. The van der Waals surface area contributed by atoms with Gasteiger partial charge in [-0.05, 0) is 68.7 Å². The predicted octanol–water partition coefficient (Wildman–Crippen LogP) is 3.10. The second-order valence-electron chi connectivity index (χ2n) is 7.04. The minimum atomic E-state index is 0.221. The minimum Gasteiger partial charge on any atom is -0.329 e. The normalized spacial score (nSPS) is 26.5. The molecule has 3 heteroatoms. The summed E-state index contributed by atoms with van der Waals surface area (Å²) in [7, 11) is 2.25. The first-order chi connectivity index (χ1) is 10.1. The molecule has 3 nitrogen and oxygen atoms in total. The van der Waals surface area contributed by atoms with Gasteiger partial charge in [0, 0.05) is 31.0 Å². The molecule has 0 amide bonds. The fraction of sp³-hybridized carbons (Fsp3) is 0.722. The lowest BCUT2D eigenvalue weighted by Gasteiger charge is -2.47. The van der Waals surface area contributed by atoms with E-state index in [9.17, 15) is 0 Å². The lowest BCUT2D eigenvalue weighted by Crippen LogP contribution is -2.54. The van der Waals surface area contributed by atoms with Crippen LogP contribution in [-0.4, -0.2) is 35.6 Å². The van der Waals surface area contributed by atoms with Crippen LogP contribution in [0.3, 0.4) is 0 Å². The van der Waals surface area contributed by atoms with Crippen molar-refractivity contribution in [1.82, 2.24) is 9.88 Å². The molecule has 1 fully saturated rings. The highest BCUT2D eigenvalue weighted by Gasteiger charge is 2.37. The number of hydrogen-bond donors (Lipinski definition) is 1. The van der Waals surface area contributed by atoms with Crippen LogP contribution >= 0.6 is 0 Å². The van der Waals surface area contributed by atoms with Gasteiger partial charge >= 0.3 is 0 Å². The quantitative estimate of drug-likeness (QED) is 0.875. The smallest absolute Gasteiger partial charge is 0.0329 e. The van der Waals surface area contributed by atoms with E-state index in [0.29, 0.717) is 0 Å². The van der Waals surface area contributed by atoms with E-state index in [2.05, 4.69) is 42.9 Å². The van der Waals surface area contributed by atoms with E-state index in [-0.39, 0.29) is 5.54 Å². The average molecular weight is 289 g/mol. The van der Waals surface area contributed by atoms with Crippen LogP contribution in [0.15, 0.2) is 24.5 Å². The molecule has 0 aliphatic heterocycles. The molecule has 1 aliphatic carbocycles. The van der Waals surface area contributed by atoms with E-state index in [1.54, 1.807) is 0 Å². The van der Waals surface area contributed by atoms with Crippen LogP contribution in [0.4, 0.5) is 0 Å². The Kier molecular flexibility index (Phi) is 5.77. The van der Waals surface area contributed by atoms with Crippen LogP contribution in [0.1, 0.15) is 45.1 Å². The number of aromatic nitrogens is 1. The molecule has 0 atom stereocenters. The second-order valence-corrected chi connectivity index (χ2v) is 7.04. The fourth-order valence-electron chi connectivity index (χ4n) is 3.67. The van der Waals surface area contributed by atoms with Gasteiger partial charge in [-0.1, -0.05) is 13.8 Å². The van der Waals surface area contributed by atoms with Gasteiger partial charge in [-0.2, -0.15) is 0 Å². The van der Waals surface area contributed by atoms with Gasteiger partial charge in [-0.25, -0.2) is 0 Å². The zero-order valence-electron chi connectivity index (χ0n) is 13.9. The highest BCUT2D eigenvalue weighted by Crippen LogP contribution is 2.38. The predicted molar refractivity (Wildman–Crippen MR) is 89.2 cm³/mol. The molecule has 21 heavy (non-hydrogen) atoms. The van der Waals surface area contributed by atoms with Gasteiger partial charge in [-0.3, -0.25) is 9.88 Å². The Balaban J connectivity index is 1.91. The van der Waals surface area contributed by atoms with Crippen molar-refractivity contribution in [2.75, 3.05) is 20.1 Å². The van der Waals surface area contributed by atoms with Crippen LogP contribution < -0.4 is 5.73 Å². The second kappa shape index (κ2) is 7.37. The molecule has 0 saturated heterocycles. The van der Waals surface area contributed by atoms with Crippen molar-refractivity contribution in [1.29, 1.82) is 0 Å². The Labute approximate surface area is 129 Å². The summed E-state index contributed by atoms with van der Waals surface area (Å²) in [6, 6.07) is 4.22. The van der Waals surface area contributed by atoms with Gasteiger partial charge in [0.1, 0.15) is 0 Å². The standard InChI is InChI=1S/C18H31N3/c1-15(2)17-4-9-18(14-19,10-5-17)21(3)13-8-16-6-11-20-12-7-16/h6-7,11-12,15,17H,4-5,8-10,13-14,19H2,1-3H3. The number of rotatable bonds is 6. The number of pyridine rings is 1. The van der Waals surface area contributed by atoms with E-state index in [4.69, 9.17) is 5.73 Å². The topological polar surface area (TPSA) is 42.1 Å². The van der Waals surface area contributed by atoms with Crippen molar-refractivity contribution in [2.24, 2.45) is 17.6 Å². The molecular weight excluding hydrogens is 258 g/mol. The van der Waals surface area contributed by atoms with Crippen molar-refractivity contribution in [3.8, 4) is 0 Å². The zero-order chi connectivity index (χ0) is 15.3. The summed E-state index contributed by atoms with van der Waals surface area (Å²) in [5, 5.41) is 0. The van der Waals surface area contributed by atoms with E-state index in [1.807, 2.05) is 12.4 Å². The molecule has 1 aliphatic rings. The van der Waals surface area contributed by atoms with Crippen LogP contribution in [0.25, 0.3) is 0 Å². The summed E-state index contributed by atoms with van der Waals surface area (Å²) in [5.74, 6) is 1.70. The maximum absolute atomic E-state index is 6.18. The molecule has 0 bridgehead atoms. The Morgan fingerprint density at radius 3 is 2.43 bits per heavy atom. The summed E-state index contributed by atoms with van der Waals surface area (Å²) in [6.45, 7) is 6.57. The number of nitrogens with zero attached hydrogens (tertiary/aromatic N) is 2. The molecule has 0 unspecified atom stereocenters. The van der Waals surface area contributed by atoms with E-state index in [0.717, 1.165) is 31.3 Å². The van der Waals surface area contributed by atoms with E-state index >= 15 is 0 Å². The maximum Gasteiger partial charge on any atom is 0.0329 e. The summed E-state index contributed by atoms with van der Waals surface area (Å²) >= 11 is 0. The van der Waals surface area contributed by atoms with Gasteiger partial charge < -0.3 is 5.73 Å². The maximum atomic E-state index is 6.18. The Hall–Kier alpha value is -0.930. The third-order valence-corrected chi connectivity index (χ3v) is 5.58. The number of hydrogen-bond acceptors (Lipinski definition) is 3. The molecule has 1 aromatic rings.